The number of para-hydroxylation sites is 2. The first-order valence-electron chi connectivity index (χ1n) is 24.2. The molecule has 0 aliphatic rings. The summed E-state index contributed by atoms with van der Waals surface area (Å²) in [5, 5.41) is 8.96. The molecule has 10 heteroatoms. The number of hydrogen-bond donors (Lipinski definition) is 0. The van der Waals surface area contributed by atoms with Crippen molar-refractivity contribution in [2.45, 2.75) is 6.18 Å². The molecule has 10 aromatic carbocycles. The monoisotopic (exact) mass is 995 g/mol. The summed E-state index contributed by atoms with van der Waals surface area (Å²) in [6.07, 6.45) is -4.66. The van der Waals surface area contributed by atoms with Crippen molar-refractivity contribution in [1.29, 1.82) is 0 Å². The highest BCUT2D eigenvalue weighted by molar-refractivity contribution is 7.27. The fraction of sp³-hybridized carbons (Fsp3) is 0.0156. The van der Waals surface area contributed by atoms with E-state index >= 15 is 13.2 Å². The van der Waals surface area contributed by atoms with Gasteiger partial charge in [-0.05, 0) is 78.4 Å². The fourth-order valence-corrected chi connectivity index (χ4v) is 13.7. The third kappa shape index (κ3) is 6.51. The molecule has 0 N–H and O–H groups in total. The summed E-state index contributed by atoms with van der Waals surface area (Å²) in [6.45, 7) is 0. The Kier molecular flexibility index (Phi) is 9.39. The molecule has 0 bridgehead atoms. The van der Waals surface area contributed by atoms with Crippen molar-refractivity contribution >= 4 is 107 Å². The van der Waals surface area contributed by atoms with Crippen molar-refractivity contribution < 1.29 is 13.2 Å². The minimum atomic E-state index is -4.66. The number of alkyl halides is 3. The molecule has 0 unspecified atom stereocenters. The molecule has 0 aliphatic carbocycles. The minimum Gasteiger partial charge on any atom is -0.309 e. The standard InChI is InChI=1S/C64H36F3N5S2/c65-64(66,67)39-27-32-52(72-51-24-12-8-22-47(51)58-54(72)34-31-44-42-20-10-14-26-56(42)74-60(44)58)49(35-39)48-36-40(28-29-45(48)63-69-61(37-15-3-1-4-16-37)68-62(70-63)38-17-5-2-6-18-38)71-50-23-11-7-21-46(50)57-53(71)33-30-43-41-19-9-13-25-55(41)73-59(43)57/h1-36H. The molecule has 0 saturated heterocycles. The van der Waals surface area contributed by atoms with Gasteiger partial charge in [-0.1, -0.05) is 146 Å². The zero-order valence-corrected chi connectivity index (χ0v) is 40.6. The third-order valence-corrected chi connectivity index (χ3v) is 16.8. The van der Waals surface area contributed by atoms with Gasteiger partial charge in [0, 0.05) is 89.8 Å². The Labute approximate surface area is 428 Å². The smallest absolute Gasteiger partial charge is 0.309 e. The fourth-order valence-electron chi connectivity index (χ4n) is 11.1. The van der Waals surface area contributed by atoms with Gasteiger partial charge < -0.3 is 9.13 Å². The van der Waals surface area contributed by atoms with Crippen LogP contribution in [0.4, 0.5) is 13.2 Å². The molecular weight excluding hydrogens is 960 g/mol. The van der Waals surface area contributed by atoms with Crippen molar-refractivity contribution in [3.05, 3.63) is 224 Å². The van der Waals surface area contributed by atoms with Crippen LogP contribution in [0.3, 0.4) is 0 Å². The number of rotatable bonds is 6. The van der Waals surface area contributed by atoms with Crippen LogP contribution in [0.15, 0.2) is 218 Å². The molecule has 0 radical (unpaired) electrons. The van der Waals surface area contributed by atoms with Crippen molar-refractivity contribution in [1.82, 2.24) is 24.1 Å². The second-order valence-corrected chi connectivity index (χ2v) is 20.7. The van der Waals surface area contributed by atoms with Gasteiger partial charge in [0.2, 0.25) is 0 Å². The van der Waals surface area contributed by atoms with Gasteiger partial charge in [-0.2, -0.15) is 13.2 Å². The Morgan fingerprint density at radius 1 is 0.351 bits per heavy atom. The number of benzene rings is 10. The zero-order valence-electron chi connectivity index (χ0n) is 39.0. The molecule has 0 atom stereocenters. The predicted octanol–water partition coefficient (Wildman–Crippen LogP) is 18.5. The van der Waals surface area contributed by atoms with E-state index < -0.39 is 11.7 Å². The van der Waals surface area contributed by atoms with E-state index in [0.29, 0.717) is 39.9 Å². The summed E-state index contributed by atoms with van der Waals surface area (Å²) in [5.74, 6) is 1.21. The van der Waals surface area contributed by atoms with E-state index in [-0.39, 0.29) is 0 Å². The summed E-state index contributed by atoms with van der Waals surface area (Å²) in [5.41, 5.74) is 7.30. The first-order valence-corrected chi connectivity index (χ1v) is 25.9. The average Bonchev–Trinajstić information content (AvgIpc) is 4.21. The number of aromatic nitrogens is 5. The van der Waals surface area contributed by atoms with Crippen LogP contribution < -0.4 is 0 Å². The lowest BCUT2D eigenvalue weighted by Gasteiger charge is -2.20. The van der Waals surface area contributed by atoms with Gasteiger partial charge in [0.15, 0.2) is 17.5 Å². The lowest BCUT2D eigenvalue weighted by atomic mass is 9.94. The van der Waals surface area contributed by atoms with Crippen LogP contribution >= 0.6 is 22.7 Å². The Morgan fingerprint density at radius 2 is 0.838 bits per heavy atom. The average molecular weight is 996 g/mol. The van der Waals surface area contributed by atoms with Crippen molar-refractivity contribution in [2.75, 3.05) is 0 Å². The van der Waals surface area contributed by atoms with E-state index in [9.17, 15) is 0 Å². The highest BCUT2D eigenvalue weighted by Crippen LogP contribution is 2.48. The summed E-state index contributed by atoms with van der Waals surface area (Å²) < 4.78 is 55.4. The maximum absolute atomic E-state index is 15.5. The van der Waals surface area contributed by atoms with Crippen molar-refractivity contribution in [2.24, 2.45) is 0 Å². The number of hydrogen-bond acceptors (Lipinski definition) is 5. The van der Waals surface area contributed by atoms with Gasteiger partial charge in [-0.3, -0.25) is 0 Å². The van der Waals surface area contributed by atoms with Gasteiger partial charge in [0.1, 0.15) is 0 Å². The summed E-state index contributed by atoms with van der Waals surface area (Å²) in [7, 11) is 0. The topological polar surface area (TPSA) is 48.5 Å². The molecule has 0 fully saturated rings. The molecule has 0 amide bonds. The number of halogens is 3. The number of thiophene rings is 2. The van der Waals surface area contributed by atoms with Gasteiger partial charge in [0.25, 0.3) is 0 Å². The van der Waals surface area contributed by atoms with Gasteiger partial charge in [0.05, 0.1) is 33.3 Å². The molecular formula is C64H36F3N5S2. The van der Waals surface area contributed by atoms with E-state index in [1.807, 2.05) is 97.1 Å². The summed E-state index contributed by atoms with van der Waals surface area (Å²) in [4.78, 5) is 15.4. The van der Waals surface area contributed by atoms with Crippen LogP contribution in [-0.4, -0.2) is 24.1 Å². The van der Waals surface area contributed by atoms with Crippen LogP contribution in [-0.2, 0) is 6.18 Å². The van der Waals surface area contributed by atoms with Gasteiger partial charge >= 0.3 is 6.18 Å². The summed E-state index contributed by atoms with van der Waals surface area (Å²) in [6, 6.07) is 71.8. The van der Waals surface area contributed by atoms with E-state index in [1.165, 1.54) is 42.4 Å². The van der Waals surface area contributed by atoms with E-state index in [4.69, 9.17) is 15.0 Å². The molecule has 0 aliphatic heterocycles. The quantitative estimate of drug-likeness (QED) is 0.167. The number of fused-ring (bicyclic) bond motifs is 14. The van der Waals surface area contributed by atoms with Crippen molar-refractivity contribution in [3.8, 4) is 56.7 Å². The van der Waals surface area contributed by atoms with Crippen LogP contribution in [0.25, 0.3) is 141 Å². The van der Waals surface area contributed by atoms with E-state index in [1.54, 1.807) is 28.7 Å². The molecule has 15 rings (SSSR count). The highest BCUT2D eigenvalue weighted by atomic mass is 32.1. The lowest BCUT2D eigenvalue weighted by molar-refractivity contribution is -0.137. The molecule has 5 aromatic heterocycles. The van der Waals surface area contributed by atoms with Crippen LogP contribution in [0.5, 0.6) is 0 Å². The predicted molar refractivity (Wildman–Crippen MR) is 301 cm³/mol. The SMILES string of the molecule is FC(F)(F)c1ccc(-n2c3ccccc3c3c4sc5ccccc5c4ccc32)c(-c2cc(-n3c4ccccc4c4c5sc6ccccc6c5ccc43)ccc2-c2nc(-c3ccccc3)nc(-c3ccccc3)n2)c1. The first-order chi connectivity index (χ1) is 36.3. The van der Waals surface area contributed by atoms with Crippen LogP contribution in [0, 0.1) is 0 Å². The Morgan fingerprint density at radius 3 is 1.41 bits per heavy atom. The molecule has 5 nitrogen and oxygen atoms in total. The normalized spacial score (nSPS) is 12.3. The van der Waals surface area contributed by atoms with Crippen LogP contribution in [0.2, 0.25) is 0 Å². The number of nitrogens with zero attached hydrogens (tertiary/aromatic N) is 5. The van der Waals surface area contributed by atoms with Crippen LogP contribution in [0.1, 0.15) is 5.56 Å². The Bertz CT molecular complexity index is 4720. The minimum absolute atomic E-state index is 0.325. The van der Waals surface area contributed by atoms with Gasteiger partial charge in [-0.15, -0.1) is 22.7 Å². The molecule has 0 spiro atoms. The zero-order chi connectivity index (χ0) is 49.2. The Balaban J connectivity index is 1.07. The third-order valence-electron chi connectivity index (χ3n) is 14.4. The maximum Gasteiger partial charge on any atom is 0.416 e. The maximum atomic E-state index is 15.5. The molecule has 74 heavy (non-hydrogen) atoms. The van der Waals surface area contributed by atoms with E-state index in [0.717, 1.165) is 70.5 Å². The largest absolute Gasteiger partial charge is 0.416 e. The van der Waals surface area contributed by atoms with Gasteiger partial charge in [-0.25, -0.2) is 15.0 Å². The Hall–Kier alpha value is -8.96. The molecule has 15 aromatic rings. The summed E-state index contributed by atoms with van der Waals surface area (Å²) >= 11 is 3.51. The highest BCUT2D eigenvalue weighted by Gasteiger charge is 2.33. The first kappa shape index (κ1) is 42.7. The molecule has 350 valence electrons. The lowest BCUT2D eigenvalue weighted by Crippen LogP contribution is -2.08. The van der Waals surface area contributed by atoms with Crippen molar-refractivity contribution in [3.63, 3.8) is 0 Å². The second kappa shape index (κ2) is 16.3. The molecule has 0 saturated carbocycles. The molecule has 5 heterocycles. The second-order valence-electron chi connectivity index (χ2n) is 18.6. The van der Waals surface area contributed by atoms with E-state index in [2.05, 4.69) is 112 Å².